The number of amides is 1. The first-order chi connectivity index (χ1) is 9.16. The van der Waals surface area contributed by atoms with E-state index in [9.17, 15) is 4.79 Å². The molecule has 1 aliphatic heterocycles. The van der Waals surface area contributed by atoms with Gasteiger partial charge in [0.05, 0.1) is 5.41 Å². The molecule has 4 nitrogen and oxygen atoms in total. The number of hydrogen-bond donors (Lipinski definition) is 2. The molecule has 1 aromatic rings. The molecule has 1 aromatic heterocycles. The van der Waals surface area contributed by atoms with Crippen molar-refractivity contribution in [2.75, 3.05) is 18.4 Å². The van der Waals surface area contributed by atoms with Crippen molar-refractivity contribution >= 4 is 11.7 Å². The third-order valence-electron chi connectivity index (χ3n) is 3.93. The average Bonchev–Trinajstić information content (AvgIpc) is 2.40. The first kappa shape index (κ1) is 14.0. The van der Waals surface area contributed by atoms with E-state index in [0.717, 1.165) is 44.3 Å². The summed E-state index contributed by atoms with van der Waals surface area (Å²) in [6, 6.07) is 3.85. The number of anilines is 1. The fraction of sp³-hybridized carbons (Fsp3) is 0.600. The molecule has 2 N–H and O–H groups in total. The van der Waals surface area contributed by atoms with Crippen LogP contribution < -0.4 is 10.6 Å². The van der Waals surface area contributed by atoms with Crippen LogP contribution in [0.25, 0.3) is 0 Å². The maximum absolute atomic E-state index is 12.6. The van der Waals surface area contributed by atoms with Crippen LogP contribution in [0, 0.1) is 12.3 Å². The van der Waals surface area contributed by atoms with Crippen molar-refractivity contribution in [3.63, 3.8) is 0 Å². The Morgan fingerprint density at radius 2 is 2.21 bits per heavy atom. The van der Waals surface area contributed by atoms with E-state index in [2.05, 4.69) is 22.5 Å². The summed E-state index contributed by atoms with van der Waals surface area (Å²) in [5.74, 6) is 0.799. The Labute approximate surface area is 115 Å². The predicted octanol–water partition coefficient (Wildman–Crippen LogP) is 2.50. The van der Waals surface area contributed by atoms with E-state index in [0.29, 0.717) is 5.82 Å². The van der Waals surface area contributed by atoms with Gasteiger partial charge in [0.15, 0.2) is 0 Å². The molecule has 0 aliphatic carbocycles. The number of hydrogen-bond acceptors (Lipinski definition) is 3. The zero-order chi connectivity index (χ0) is 13.7. The number of nitrogens with zero attached hydrogens (tertiary/aromatic N) is 1. The molecule has 1 aliphatic rings. The van der Waals surface area contributed by atoms with E-state index in [1.165, 1.54) is 0 Å². The van der Waals surface area contributed by atoms with Crippen LogP contribution in [0.3, 0.4) is 0 Å². The maximum Gasteiger partial charge on any atom is 0.231 e. The molecule has 0 radical (unpaired) electrons. The molecule has 0 atom stereocenters. The summed E-state index contributed by atoms with van der Waals surface area (Å²) in [5.41, 5.74) is 0.894. The summed E-state index contributed by atoms with van der Waals surface area (Å²) in [6.45, 7) is 6.00. The number of aryl methyl sites for hydroxylation is 1. The smallest absolute Gasteiger partial charge is 0.231 e. The highest BCUT2D eigenvalue weighted by atomic mass is 16.2. The number of piperidine rings is 1. The Kier molecular flexibility index (Phi) is 4.53. The van der Waals surface area contributed by atoms with Crippen LogP contribution in [-0.2, 0) is 4.79 Å². The van der Waals surface area contributed by atoms with Gasteiger partial charge in [-0.15, -0.1) is 0 Å². The minimum absolute atomic E-state index is 0.133. The van der Waals surface area contributed by atoms with Gasteiger partial charge in [-0.1, -0.05) is 13.3 Å². The molecule has 0 aromatic carbocycles. The summed E-state index contributed by atoms with van der Waals surface area (Å²) < 4.78 is 0. The molecule has 104 valence electrons. The Morgan fingerprint density at radius 3 is 2.84 bits per heavy atom. The van der Waals surface area contributed by atoms with Crippen molar-refractivity contribution in [1.82, 2.24) is 10.3 Å². The van der Waals surface area contributed by atoms with Gasteiger partial charge in [-0.05, 0) is 57.0 Å². The Morgan fingerprint density at radius 1 is 1.47 bits per heavy atom. The second kappa shape index (κ2) is 6.15. The van der Waals surface area contributed by atoms with Gasteiger partial charge >= 0.3 is 0 Å². The topological polar surface area (TPSA) is 54.0 Å². The highest BCUT2D eigenvalue weighted by Gasteiger charge is 2.38. The lowest BCUT2D eigenvalue weighted by Crippen LogP contribution is -2.45. The zero-order valence-electron chi connectivity index (χ0n) is 11.8. The molecule has 1 saturated heterocycles. The van der Waals surface area contributed by atoms with Crippen LogP contribution in [-0.4, -0.2) is 24.0 Å². The number of carbonyl (C=O) groups excluding carboxylic acids is 1. The van der Waals surface area contributed by atoms with E-state index in [1.54, 1.807) is 6.20 Å². The van der Waals surface area contributed by atoms with Crippen LogP contribution in [0.5, 0.6) is 0 Å². The first-order valence-corrected chi connectivity index (χ1v) is 7.11. The van der Waals surface area contributed by atoms with E-state index >= 15 is 0 Å². The normalized spacial score (nSPS) is 18.0. The third kappa shape index (κ3) is 3.32. The van der Waals surface area contributed by atoms with Crippen LogP contribution in [0.2, 0.25) is 0 Å². The first-order valence-electron chi connectivity index (χ1n) is 7.11. The molecule has 1 fully saturated rings. The monoisotopic (exact) mass is 261 g/mol. The fourth-order valence-corrected chi connectivity index (χ4v) is 2.83. The van der Waals surface area contributed by atoms with Crippen molar-refractivity contribution in [2.45, 2.75) is 39.5 Å². The van der Waals surface area contributed by atoms with Crippen LogP contribution >= 0.6 is 0 Å². The summed E-state index contributed by atoms with van der Waals surface area (Å²) in [6.07, 6.45) is 5.55. The largest absolute Gasteiger partial charge is 0.317 e. The Balaban J connectivity index is 2.11. The maximum atomic E-state index is 12.6. The molecule has 0 unspecified atom stereocenters. The SMILES string of the molecule is CCCC1(C(=O)Nc2cc(C)ccn2)CCNCC1. The predicted molar refractivity (Wildman–Crippen MR) is 77.0 cm³/mol. The molecule has 4 heteroatoms. The lowest BCUT2D eigenvalue weighted by Gasteiger charge is -2.36. The van der Waals surface area contributed by atoms with Crippen molar-refractivity contribution in [1.29, 1.82) is 0 Å². The van der Waals surface area contributed by atoms with E-state index in [4.69, 9.17) is 0 Å². The number of aromatic nitrogens is 1. The van der Waals surface area contributed by atoms with Gasteiger partial charge in [0.1, 0.15) is 5.82 Å². The van der Waals surface area contributed by atoms with Gasteiger partial charge in [-0.3, -0.25) is 4.79 Å². The molecule has 2 heterocycles. The number of nitrogens with one attached hydrogen (secondary N) is 2. The van der Waals surface area contributed by atoms with Gasteiger partial charge < -0.3 is 10.6 Å². The van der Waals surface area contributed by atoms with Crippen LogP contribution in [0.4, 0.5) is 5.82 Å². The standard InChI is InChI=1S/C15H23N3O/c1-3-5-15(6-9-16-10-7-15)14(19)18-13-11-12(2)4-8-17-13/h4,8,11,16H,3,5-7,9-10H2,1-2H3,(H,17,18,19). The summed E-state index contributed by atoms with van der Waals surface area (Å²) >= 11 is 0. The fourth-order valence-electron chi connectivity index (χ4n) is 2.83. The quantitative estimate of drug-likeness (QED) is 0.875. The highest BCUT2D eigenvalue weighted by Crippen LogP contribution is 2.35. The van der Waals surface area contributed by atoms with E-state index in [-0.39, 0.29) is 11.3 Å². The van der Waals surface area contributed by atoms with Crippen molar-refractivity contribution in [3.8, 4) is 0 Å². The zero-order valence-corrected chi connectivity index (χ0v) is 11.8. The lowest BCUT2D eigenvalue weighted by atomic mass is 9.74. The molecule has 1 amide bonds. The summed E-state index contributed by atoms with van der Waals surface area (Å²) in [7, 11) is 0. The number of carbonyl (C=O) groups is 1. The molecule has 2 rings (SSSR count). The van der Waals surface area contributed by atoms with Crippen molar-refractivity contribution in [2.24, 2.45) is 5.41 Å². The van der Waals surface area contributed by atoms with E-state index in [1.807, 2.05) is 19.1 Å². The van der Waals surface area contributed by atoms with Crippen molar-refractivity contribution < 1.29 is 4.79 Å². The Bertz CT molecular complexity index is 433. The summed E-state index contributed by atoms with van der Waals surface area (Å²) in [5, 5.41) is 6.33. The second-order valence-corrected chi connectivity index (χ2v) is 5.45. The number of pyridine rings is 1. The molecule has 0 bridgehead atoms. The van der Waals surface area contributed by atoms with Gasteiger partial charge in [-0.2, -0.15) is 0 Å². The minimum Gasteiger partial charge on any atom is -0.317 e. The number of rotatable bonds is 4. The molecular weight excluding hydrogens is 238 g/mol. The summed E-state index contributed by atoms with van der Waals surface area (Å²) in [4.78, 5) is 16.8. The van der Waals surface area contributed by atoms with Crippen molar-refractivity contribution in [3.05, 3.63) is 23.9 Å². The van der Waals surface area contributed by atoms with E-state index < -0.39 is 0 Å². The highest BCUT2D eigenvalue weighted by molar-refractivity contribution is 5.94. The van der Waals surface area contributed by atoms with Gasteiger partial charge in [0.25, 0.3) is 0 Å². The minimum atomic E-state index is -0.217. The third-order valence-corrected chi connectivity index (χ3v) is 3.93. The van der Waals surface area contributed by atoms with Crippen LogP contribution in [0.15, 0.2) is 18.3 Å². The Hall–Kier alpha value is -1.42. The van der Waals surface area contributed by atoms with Crippen LogP contribution in [0.1, 0.15) is 38.2 Å². The average molecular weight is 261 g/mol. The molecule has 19 heavy (non-hydrogen) atoms. The van der Waals surface area contributed by atoms with Gasteiger partial charge in [-0.25, -0.2) is 4.98 Å². The molecular formula is C15H23N3O. The molecule has 0 spiro atoms. The van der Waals surface area contributed by atoms with Gasteiger partial charge in [0, 0.05) is 6.20 Å². The van der Waals surface area contributed by atoms with Gasteiger partial charge in [0.2, 0.25) is 5.91 Å². The molecule has 0 saturated carbocycles. The lowest BCUT2D eigenvalue weighted by molar-refractivity contribution is -0.127. The second-order valence-electron chi connectivity index (χ2n) is 5.45.